The Balaban J connectivity index is 3.05. The predicted octanol–water partition coefficient (Wildman–Crippen LogP) is 1.13. The van der Waals surface area contributed by atoms with Crippen LogP contribution in [0.3, 0.4) is 0 Å². The van der Waals surface area contributed by atoms with Gasteiger partial charge in [0.1, 0.15) is 0 Å². The second-order valence-corrected chi connectivity index (χ2v) is 3.45. The average molecular weight is 188 g/mol. The first-order valence-corrected chi connectivity index (χ1v) is 5.26. The monoisotopic (exact) mass is 188 g/mol. The van der Waals surface area contributed by atoms with Crippen molar-refractivity contribution >= 4 is 0 Å². The Hall–Kier alpha value is -0.120. The van der Waals surface area contributed by atoms with E-state index >= 15 is 0 Å². The standard InChI is InChI=1S/C10H24N2O/c1-3-4-7-12-9-10(11)6-5-8-13-2/h10,12H,3-9,11H2,1-2H3. The minimum atomic E-state index is 0.284. The molecule has 1 atom stereocenters. The quantitative estimate of drug-likeness (QED) is 0.533. The molecule has 3 nitrogen and oxygen atoms in total. The fourth-order valence-corrected chi connectivity index (χ4v) is 1.18. The minimum Gasteiger partial charge on any atom is -0.385 e. The highest BCUT2D eigenvalue weighted by atomic mass is 16.5. The van der Waals surface area contributed by atoms with Crippen molar-refractivity contribution in [2.45, 2.75) is 38.6 Å². The summed E-state index contributed by atoms with van der Waals surface area (Å²) in [5.74, 6) is 0. The molecule has 3 heteroatoms. The van der Waals surface area contributed by atoms with Crippen LogP contribution >= 0.6 is 0 Å². The Morgan fingerprint density at radius 1 is 1.38 bits per heavy atom. The fourth-order valence-electron chi connectivity index (χ4n) is 1.18. The first kappa shape index (κ1) is 12.9. The van der Waals surface area contributed by atoms with Gasteiger partial charge in [-0.25, -0.2) is 0 Å². The molecular formula is C10H24N2O. The summed E-state index contributed by atoms with van der Waals surface area (Å²) in [5, 5.41) is 3.35. The van der Waals surface area contributed by atoms with Gasteiger partial charge in [-0.1, -0.05) is 13.3 Å². The molecule has 0 aliphatic heterocycles. The van der Waals surface area contributed by atoms with Crippen LogP contribution in [0.25, 0.3) is 0 Å². The van der Waals surface area contributed by atoms with Gasteiger partial charge in [-0.3, -0.25) is 0 Å². The molecule has 0 rings (SSSR count). The molecule has 80 valence electrons. The lowest BCUT2D eigenvalue weighted by atomic mass is 10.2. The van der Waals surface area contributed by atoms with Gasteiger partial charge in [0.2, 0.25) is 0 Å². The molecule has 0 amide bonds. The Labute approximate surface area is 82.0 Å². The number of hydrogen-bond donors (Lipinski definition) is 2. The molecule has 0 heterocycles. The van der Waals surface area contributed by atoms with E-state index in [4.69, 9.17) is 10.5 Å². The van der Waals surface area contributed by atoms with Gasteiger partial charge in [-0.15, -0.1) is 0 Å². The van der Waals surface area contributed by atoms with Gasteiger partial charge < -0.3 is 15.8 Å². The van der Waals surface area contributed by atoms with Crippen LogP contribution in [0, 0.1) is 0 Å². The van der Waals surface area contributed by atoms with E-state index in [1.807, 2.05) is 0 Å². The molecular weight excluding hydrogens is 164 g/mol. The normalized spacial score (nSPS) is 13.2. The van der Waals surface area contributed by atoms with Gasteiger partial charge >= 0.3 is 0 Å². The number of unbranched alkanes of at least 4 members (excludes halogenated alkanes) is 1. The van der Waals surface area contributed by atoms with Crippen LogP contribution in [-0.2, 0) is 4.74 Å². The SMILES string of the molecule is CCCCNCC(N)CCCOC. The molecule has 0 aromatic heterocycles. The summed E-state index contributed by atoms with van der Waals surface area (Å²) in [7, 11) is 1.73. The van der Waals surface area contributed by atoms with Crippen LogP contribution in [-0.4, -0.2) is 32.8 Å². The van der Waals surface area contributed by atoms with Crippen molar-refractivity contribution in [3.05, 3.63) is 0 Å². The molecule has 0 aromatic rings. The van der Waals surface area contributed by atoms with Gasteiger partial charge in [-0.2, -0.15) is 0 Å². The predicted molar refractivity (Wildman–Crippen MR) is 56.9 cm³/mol. The van der Waals surface area contributed by atoms with Crippen molar-refractivity contribution in [2.24, 2.45) is 5.73 Å². The third-order valence-electron chi connectivity index (χ3n) is 2.04. The molecule has 0 radical (unpaired) electrons. The Morgan fingerprint density at radius 2 is 2.15 bits per heavy atom. The van der Waals surface area contributed by atoms with Crippen molar-refractivity contribution in [3.8, 4) is 0 Å². The zero-order valence-electron chi connectivity index (χ0n) is 9.01. The van der Waals surface area contributed by atoms with E-state index < -0.39 is 0 Å². The molecule has 0 saturated heterocycles. The summed E-state index contributed by atoms with van der Waals surface area (Å²) in [6, 6.07) is 0.284. The molecule has 13 heavy (non-hydrogen) atoms. The zero-order valence-corrected chi connectivity index (χ0v) is 9.01. The van der Waals surface area contributed by atoms with Gasteiger partial charge in [0.05, 0.1) is 0 Å². The van der Waals surface area contributed by atoms with Crippen LogP contribution in [0.5, 0.6) is 0 Å². The molecule has 0 aliphatic rings. The average Bonchev–Trinajstić information content (AvgIpc) is 2.13. The first-order chi connectivity index (χ1) is 6.31. The van der Waals surface area contributed by atoms with Crippen LogP contribution < -0.4 is 11.1 Å². The third-order valence-corrected chi connectivity index (χ3v) is 2.04. The first-order valence-electron chi connectivity index (χ1n) is 5.26. The molecule has 0 aliphatic carbocycles. The molecule has 1 unspecified atom stereocenters. The topological polar surface area (TPSA) is 47.3 Å². The zero-order chi connectivity index (χ0) is 9.94. The van der Waals surface area contributed by atoms with Gasteiger partial charge in [0.15, 0.2) is 0 Å². The number of nitrogens with one attached hydrogen (secondary N) is 1. The van der Waals surface area contributed by atoms with E-state index in [0.717, 1.165) is 32.5 Å². The van der Waals surface area contributed by atoms with E-state index in [1.165, 1.54) is 12.8 Å². The lowest BCUT2D eigenvalue weighted by molar-refractivity contribution is 0.190. The molecule has 3 N–H and O–H groups in total. The maximum atomic E-state index is 5.88. The van der Waals surface area contributed by atoms with Gasteiger partial charge in [0, 0.05) is 26.3 Å². The van der Waals surface area contributed by atoms with E-state index in [0.29, 0.717) is 0 Å². The summed E-state index contributed by atoms with van der Waals surface area (Å²) in [6.07, 6.45) is 4.59. The summed E-state index contributed by atoms with van der Waals surface area (Å²) in [4.78, 5) is 0. The summed E-state index contributed by atoms with van der Waals surface area (Å²) in [5.41, 5.74) is 5.88. The van der Waals surface area contributed by atoms with Crippen molar-refractivity contribution in [1.29, 1.82) is 0 Å². The second-order valence-electron chi connectivity index (χ2n) is 3.45. The molecule has 0 aromatic carbocycles. The van der Waals surface area contributed by atoms with Crippen molar-refractivity contribution in [3.63, 3.8) is 0 Å². The van der Waals surface area contributed by atoms with Crippen LogP contribution in [0.4, 0.5) is 0 Å². The highest BCUT2D eigenvalue weighted by Gasteiger charge is 2.00. The maximum Gasteiger partial charge on any atom is 0.0462 e. The Bertz CT molecular complexity index is 98.9. The Morgan fingerprint density at radius 3 is 2.77 bits per heavy atom. The highest BCUT2D eigenvalue weighted by molar-refractivity contribution is 4.64. The number of methoxy groups -OCH3 is 1. The number of nitrogens with two attached hydrogens (primary N) is 1. The summed E-state index contributed by atoms with van der Waals surface area (Å²) >= 11 is 0. The summed E-state index contributed by atoms with van der Waals surface area (Å²) in [6.45, 7) is 5.04. The maximum absolute atomic E-state index is 5.88. The van der Waals surface area contributed by atoms with Crippen molar-refractivity contribution < 1.29 is 4.74 Å². The Kier molecular flexibility index (Phi) is 9.87. The lowest BCUT2D eigenvalue weighted by Gasteiger charge is -2.11. The van der Waals surface area contributed by atoms with E-state index in [9.17, 15) is 0 Å². The number of hydrogen-bond acceptors (Lipinski definition) is 3. The second kappa shape index (κ2) is 9.96. The molecule has 0 spiro atoms. The third kappa shape index (κ3) is 9.80. The van der Waals surface area contributed by atoms with E-state index in [2.05, 4.69) is 12.2 Å². The highest BCUT2D eigenvalue weighted by Crippen LogP contribution is 1.93. The molecule has 0 fully saturated rings. The van der Waals surface area contributed by atoms with Gasteiger partial charge in [-0.05, 0) is 25.8 Å². The lowest BCUT2D eigenvalue weighted by Crippen LogP contribution is -2.34. The van der Waals surface area contributed by atoms with E-state index in [-0.39, 0.29) is 6.04 Å². The van der Waals surface area contributed by atoms with Crippen LogP contribution in [0.2, 0.25) is 0 Å². The van der Waals surface area contributed by atoms with Crippen molar-refractivity contribution in [1.82, 2.24) is 5.32 Å². The van der Waals surface area contributed by atoms with Crippen molar-refractivity contribution in [2.75, 3.05) is 26.8 Å². The number of rotatable bonds is 9. The minimum absolute atomic E-state index is 0.284. The summed E-state index contributed by atoms with van der Waals surface area (Å²) < 4.78 is 4.96. The largest absolute Gasteiger partial charge is 0.385 e. The molecule has 0 bridgehead atoms. The molecule has 0 saturated carbocycles. The number of ether oxygens (including phenoxy) is 1. The fraction of sp³-hybridized carbons (Fsp3) is 1.00. The van der Waals surface area contributed by atoms with E-state index in [1.54, 1.807) is 7.11 Å². The van der Waals surface area contributed by atoms with Crippen LogP contribution in [0.15, 0.2) is 0 Å². The van der Waals surface area contributed by atoms with Gasteiger partial charge in [0.25, 0.3) is 0 Å². The smallest absolute Gasteiger partial charge is 0.0462 e. The van der Waals surface area contributed by atoms with Crippen LogP contribution in [0.1, 0.15) is 32.6 Å².